The van der Waals surface area contributed by atoms with Crippen LogP contribution in [0.15, 0.2) is 54.6 Å². The minimum absolute atomic E-state index is 0.291. The van der Waals surface area contributed by atoms with E-state index in [2.05, 4.69) is 18.7 Å². The summed E-state index contributed by atoms with van der Waals surface area (Å²) in [5.74, 6) is 2.50. The van der Waals surface area contributed by atoms with E-state index in [0.717, 1.165) is 22.7 Å². The van der Waals surface area contributed by atoms with Gasteiger partial charge in [-0.15, -0.1) is 0 Å². The second kappa shape index (κ2) is 14.0. The van der Waals surface area contributed by atoms with Crippen molar-refractivity contribution in [3.63, 3.8) is 0 Å². The zero-order valence-electron chi connectivity index (χ0n) is 22.0. The van der Waals surface area contributed by atoms with Crippen LogP contribution in [0.1, 0.15) is 25.1 Å². The van der Waals surface area contributed by atoms with Crippen LogP contribution >= 0.6 is 0 Å². The second-order valence-electron chi connectivity index (χ2n) is 9.21. The number of aliphatic hydroxyl groups is 1. The molecule has 196 valence electrons. The van der Waals surface area contributed by atoms with Gasteiger partial charge in [-0.25, -0.2) is 4.68 Å². The van der Waals surface area contributed by atoms with E-state index in [0.29, 0.717) is 57.0 Å². The first kappa shape index (κ1) is 27.7. The van der Waals surface area contributed by atoms with Gasteiger partial charge < -0.3 is 24.1 Å². The van der Waals surface area contributed by atoms with E-state index in [4.69, 9.17) is 24.0 Å². The van der Waals surface area contributed by atoms with Crippen LogP contribution < -0.4 is 9.47 Å². The predicted molar refractivity (Wildman–Crippen MR) is 140 cm³/mol. The first-order chi connectivity index (χ1) is 17.4. The summed E-state index contributed by atoms with van der Waals surface area (Å²) in [4.78, 5) is 2.15. The van der Waals surface area contributed by atoms with Crippen LogP contribution in [0.3, 0.4) is 0 Å². The van der Waals surface area contributed by atoms with Gasteiger partial charge in [-0.2, -0.15) is 5.10 Å². The van der Waals surface area contributed by atoms with Gasteiger partial charge in [0.25, 0.3) is 0 Å². The number of methoxy groups -OCH3 is 2. The molecule has 0 saturated heterocycles. The van der Waals surface area contributed by atoms with Crippen molar-refractivity contribution >= 4 is 0 Å². The summed E-state index contributed by atoms with van der Waals surface area (Å²) < 4.78 is 24.5. The Morgan fingerprint density at radius 3 is 2.31 bits per heavy atom. The van der Waals surface area contributed by atoms with Crippen molar-refractivity contribution in [3.8, 4) is 23.1 Å². The Morgan fingerprint density at radius 2 is 1.67 bits per heavy atom. The minimum Gasteiger partial charge on any atom is -0.497 e. The van der Waals surface area contributed by atoms with E-state index < -0.39 is 6.10 Å². The van der Waals surface area contributed by atoms with Crippen molar-refractivity contribution in [1.29, 1.82) is 0 Å². The third kappa shape index (κ3) is 8.06. The second-order valence-corrected chi connectivity index (χ2v) is 9.21. The minimum atomic E-state index is -0.615. The zero-order chi connectivity index (χ0) is 25.9. The smallest absolute Gasteiger partial charge is 0.227 e. The number of rotatable bonds is 15. The number of aromatic nitrogens is 2. The molecule has 0 fully saturated rings. The average Bonchev–Trinajstić information content (AvgIpc) is 3.17. The monoisotopic (exact) mass is 497 g/mol. The van der Waals surface area contributed by atoms with E-state index in [-0.39, 0.29) is 0 Å². The Hall–Kier alpha value is -2.91. The molecule has 8 heteroatoms. The summed E-state index contributed by atoms with van der Waals surface area (Å²) in [5, 5.41) is 15.5. The lowest BCUT2D eigenvalue weighted by Gasteiger charge is -2.25. The maximum Gasteiger partial charge on any atom is 0.227 e. The van der Waals surface area contributed by atoms with Crippen molar-refractivity contribution in [1.82, 2.24) is 14.7 Å². The SMILES string of the molecule is COCCN(Cc1c(C)nn(-c2ccccc2)c1Oc1ccc(OC)cc1)C[C@@H](O)COCC(C)C. The maximum atomic E-state index is 10.6. The molecule has 3 rings (SSSR count). The van der Waals surface area contributed by atoms with Crippen molar-refractivity contribution < 1.29 is 24.1 Å². The lowest BCUT2D eigenvalue weighted by molar-refractivity contribution is 0.00324. The summed E-state index contributed by atoms with van der Waals surface area (Å²) in [6, 6.07) is 17.4. The van der Waals surface area contributed by atoms with E-state index in [1.807, 2.05) is 66.2 Å². The van der Waals surface area contributed by atoms with Gasteiger partial charge in [-0.05, 0) is 49.2 Å². The topological polar surface area (TPSA) is 78.2 Å². The van der Waals surface area contributed by atoms with E-state index >= 15 is 0 Å². The van der Waals surface area contributed by atoms with E-state index in [9.17, 15) is 5.11 Å². The molecule has 0 aliphatic carbocycles. The number of ether oxygens (including phenoxy) is 4. The van der Waals surface area contributed by atoms with Gasteiger partial charge in [0.1, 0.15) is 11.5 Å². The predicted octanol–water partition coefficient (Wildman–Crippen LogP) is 4.46. The quantitative estimate of drug-likeness (QED) is 0.332. The molecular formula is C28H39N3O5. The molecule has 1 heterocycles. The average molecular weight is 498 g/mol. The molecule has 0 saturated carbocycles. The highest BCUT2D eigenvalue weighted by Crippen LogP contribution is 2.32. The van der Waals surface area contributed by atoms with Crippen LogP contribution in [0.4, 0.5) is 0 Å². The lowest BCUT2D eigenvalue weighted by atomic mass is 10.2. The summed E-state index contributed by atoms with van der Waals surface area (Å²) in [5.41, 5.74) is 2.71. The van der Waals surface area contributed by atoms with Crippen LogP contribution in [0.25, 0.3) is 5.69 Å². The molecular weight excluding hydrogens is 458 g/mol. The summed E-state index contributed by atoms with van der Waals surface area (Å²) in [6.07, 6.45) is -0.615. The molecule has 0 bridgehead atoms. The van der Waals surface area contributed by atoms with Crippen LogP contribution in [-0.2, 0) is 16.0 Å². The fraction of sp³-hybridized carbons (Fsp3) is 0.464. The summed E-state index contributed by atoms with van der Waals surface area (Å²) >= 11 is 0. The molecule has 36 heavy (non-hydrogen) atoms. The van der Waals surface area contributed by atoms with Gasteiger partial charge in [-0.3, -0.25) is 4.90 Å². The number of hydrogen-bond donors (Lipinski definition) is 1. The Balaban J connectivity index is 1.88. The Morgan fingerprint density at radius 1 is 0.972 bits per heavy atom. The molecule has 0 aliphatic rings. The molecule has 0 unspecified atom stereocenters. The first-order valence-corrected chi connectivity index (χ1v) is 12.3. The highest BCUT2D eigenvalue weighted by atomic mass is 16.5. The van der Waals surface area contributed by atoms with Crippen LogP contribution in [0.5, 0.6) is 17.4 Å². The van der Waals surface area contributed by atoms with E-state index in [1.165, 1.54) is 0 Å². The molecule has 1 atom stereocenters. The standard InChI is InChI=1S/C28H39N3O5/c1-21(2)19-35-20-24(32)17-30(15-16-33-4)18-27-22(3)29-31(23-9-7-6-8-10-23)28(27)36-26-13-11-25(34-5)12-14-26/h6-14,21,24,32H,15-20H2,1-5H3/t24-/m1/s1. The molecule has 1 aromatic heterocycles. The van der Waals surface area contributed by atoms with E-state index in [1.54, 1.807) is 14.2 Å². The molecule has 0 aliphatic heterocycles. The highest BCUT2D eigenvalue weighted by molar-refractivity contribution is 5.44. The van der Waals surface area contributed by atoms with Crippen LogP contribution in [0.2, 0.25) is 0 Å². The largest absolute Gasteiger partial charge is 0.497 e. The molecule has 8 nitrogen and oxygen atoms in total. The van der Waals surface area contributed by atoms with Crippen molar-refractivity contribution in [3.05, 3.63) is 65.9 Å². The van der Waals surface area contributed by atoms with Gasteiger partial charge in [0, 0.05) is 33.4 Å². The molecule has 0 radical (unpaired) electrons. The summed E-state index contributed by atoms with van der Waals surface area (Å²) in [6.45, 7) is 9.25. The number of aliphatic hydroxyl groups excluding tert-OH is 1. The molecule has 2 aromatic carbocycles. The van der Waals surface area contributed by atoms with Gasteiger partial charge >= 0.3 is 0 Å². The number of benzene rings is 2. The lowest BCUT2D eigenvalue weighted by Crippen LogP contribution is -2.37. The van der Waals surface area contributed by atoms with Crippen LogP contribution in [-0.4, -0.2) is 73.0 Å². The van der Waals surface area contributed by atoms with Crippen molar-refractivity contribution in [2.45, 2.75) is 33.4 Å². The Kier molecular flexibility index (Phi) is 10.8. The number of para-hydroxylation sites is 1. The van der Waals surface area contributed by atoms with Gasteiger partial charge in [0.2, 0.25) is 5.88 Å². The van der Waals surface area contributed by atoms with Gasteiger partial charge in [0.15, 0.2) is 0 Å². The number of hydrogen-bond acceptors (Lipinski definition) is 7. The normalized spacial score (nSPS) is 12.3. The highest BCUT2D eigenvalue weighted by Gasteiger charge is 2.23. The fourth-order valence-corrected chi connectivity index (χ4v) is 3.79. The number of aryl methyl sites for hydroxylation is 1. The Bertz CT molecular complexity index is 1040. The third-order valence-corrected chi connectivity index (χ3v) is 5.64. The van der Waals surface area contributed by atoms with Crippen molar-refractivity contribution in [2.75, 3.05) is 47.1 Å². The molecule has 0 amide bonds. The molecule has 0 spiro atoms. The van der Waals surface area contributed by atoms with Gasteiger partial charge in [0.05, 0.1) is 43.4 Å². The molecule has 3 aromatic rings. The Labute approximate surface area is 214 Å². The summed E-state index contributed by atoms with van der Waals surface area (Å²) in [7, 11) is 3.32. The fourth-order valence-electron chi connectivity index (χ4n) is 3.79. The maximum absolute atomic E-state index is 10.6. The van der Waals surface area contributed by atoms with Gasteiger partial charge in [-0.1, -0.05) is 32.0 Å². The van der Waals surface area contributed by atoms with Crippen LogP contribution in [0, 0.1) is 12.8 Å². The van der Waals surface area contributed by atoms with Crippen molar-refractivity contribution in [2.24, 2.45) is 5.92 Å². The molecule has 1 N–H and O–H groups in total. The third-order valence-electron chi connectivity index (χ3n) is 5.64. The first-order valence-electron chi connectivity index (χ1n) is 12.3. The number of nitrogens with zero attached hydrogens (tertiary/aromatic N) is 3. The zero-order valence-corrected chi connectivity index (χ0v) is 22.0.